The first-order chi connectivity index (χ1) is 12.1. The van der Waals surface area contributed by atoms with Gasteiger partial charge in [-0.1, -0.05) is 88.7 Å². The molecule has 6 heteroatoms. The van der Waals surface area contributed by atoms with E-state index in [1.165, 1.54) is 70.6 Å². The first kappa shape index (κ1) is 24.5. The summed E-state index contributed by atoms with van der Waals surface area (Å²) in [7, 11) is -1.86. The number of hydrogen-bond acceptors (Lipinski definition) is 4. The van der Waals surface area contributed by atoms with Crippen LogP contribution in [0.3, 0.4) is 0 Å². The number of rotatable bonds is 18. The molecule has 2 unspecified atom stereocenters. The van der Waals surface area contributed by atoms with Crippen LogP contribution in [0.1, 0.15) is 96.8 Å². The van der Waals surface area contributed by atoms with Crippen molar-refractivity contribution in [3.05, 3.63) is 0 Å². The number of carboxylic acid groups (broad SMARTS) is 1. The Morgan fingerprint density at radius 2 is 1.28 bits per heavy atom. The lowest BCUT2D eigenvalue weighted by Crippen LogP contribution is -2.21. The fraction of sp³-hybridized carbons (Fsp3) is 0.947. The summed E-state index contributed by atoms with van der Waals surface area (Å²) in [4.78, 5) is 22.3. The minimum atomic E-state index is -1.86. The first-order valence-corrected chi connectivity index (χ1v) is 11.5. The van der Waals surface area contributed by atoms with Crippen molar-refractivity contribution in [2.45, 2.75) is 103 Å². The molecule has 2 N–H and O–H groups in total. The fourth-order valence-electron chi connectivity index (χ4n) is 2.82. The van der Waals surface area contributed by atoms with E-state index in [9.17, 15) is 9.69 Å². The van der Waals surface area contributed by atoms with Crippen molar-refractivity contribution in [1.82, 2.24) is 0 Å². The highest BCUT2D eigenvalue weighted by atomic mass is 31.1. The summed E-state index contributed by atoms with van der Waals surface area (Å²) in [5.74, 6) is -1.22. The monoisotopic (exact) mass is 375 g/mol. The van der Waals surface area contributed by atoms with Crippen LogP contribution in [0.25, 0.3) is 0 Å². The molecule has 0 aliphatic heterocycles. The maximum atomic E-state index is 11.6. The van der Waals surface area contributed by atoms with Crippen molar-refractivity contribution in [3.63, 3.8) is 0 Å². The molecule has 0 aromatic heterocycles. The maximum absolute atomic E-state index is 11.6. The van der Waals surface area contributed by atoms with Crippen LogP contribution in [0.5, 0.6) is 0 Å². The van der Waals surface area contributed by atoms with E-state index in [0.717, 1.165) is 19.3 Å². The minimum Gasteiger partial charge on any atom is -0.612 e. The van der Waals surface area contributed by atoms with Crippen LogP contribution >= 0.6 is 7.94 Å². The predicted octanol–water partition coefficient (Wildman–Crippen LogP) is 4.85. The maximum Gasteiger partial charge on any atom is 0.335 e. The third-order valence-corrected chi connectivity index (χ3v) is 5.66. The second-order valence-corrected chi connectivity index (χ2v) is 8.21. The van der Waals surface area contributed by atoms with Crippen LogP contribution < -0.4 is 4.89 Å². The van der Waals surface area contributed by atoms with Crippen molar-refractivity contribution < 1.29 is 19.9 Å². The molecule has 0 bridgehead atoms. The number of aliphatic hydroxyl groups is 1. The Morgan fingerprint density at radius 3 is 1.64 bits per heavy atom. The summed E-state index contributed by atoms with van der Waals surface area (Å²) in [5, 5.41) is 17.6. The molecular formula is C19H38NO4P. The van der Waals surface area contributed by atoms with E-state index in [2.05, 4.69) is 11.7 Å². The van der Waals surface area contributed by atoms with E-state index in [-0.39, 0.29) is 0 Å². The van der Waals surface area contributed by atoms with Crippen LogP contribution in [-0.4, -0.2) is 35.0 Å². The summed E-state index contributed by atoms with van der Waals surface area (Å²) in [6.07, 6.45) is 18.2. The average molecular weight is 375 g/mol. The molecule has 0 fully saturated rings. The Bertz CT molecular complexity index is 350. The summed E-state index contributed by atoms with van der Waals surface area (Å²) >= 11 is 0. The van der Waals surface area contributed by atoms with Crippen LogP contribution in [0.15, 0.2) is 4.74 Å². The molecule has 5 nitrogen and oxygen atoms in total. The third-order valence-electron chi connectivity index (χ3n) is 4.43. The van der Waals surface area contributed by atoms with Gasteiger partial charge in [0.2, 0.25) is 6.04 Å². The normalized spacial score (nSPS) is 13.2. The highest BCUT2D eigenvalue weighted by molar-refractivity contribution is 7.39. The molecule has 0 spiro atoms. The largest absolute Gasteiger partial charge is 0.612 e. The molecule has 0 aliphatic carbocycles. The molecule has 148 valence electrons. The Morgan fingerprint density at radius 1 is 0.880 bits per heavy atom. The lowest BCUT2D eigenvalue weighted by atomic mass is 10.0. The highest BCUT2D eigenvalue weighted by Crippen LogP contribution is 2.20. The lowest BCUT2D eigenvalue weighted by molar-refractivity contribution is -0.157. The van der Waals surface area contributed by atoms with Gasteiger partial charge in [-0.15, -0.1) is 0 Å². The lowest BCUT2D eigenvalue weighted by Gasteiger charge is -2.03. The number of unbranched alkanes of at least 4 members (excludes halogenated alkanes) is 13. The zero-order valence-corrected chi connectivity index (χ0v) is 16.9. The second kappa shape index (κ2) is 18.3. The number of aliphatic carboxylic acids is 1. The standard InChI is InChI=1S/C19H38NO4P/c1-2-3-4-5-6-7-8-9-10-11-12-13-14-15-16-25(24)20-18(17-21)19(22)23/h18,21H,2-17H2,1H3,(H,22,23). The molecule has 25 heavy (non-hydrogen) atoms. The number of carboxylic acids is 1. The Labute approximate surface area is 154 Å². The quantitative estimate of drug-likeness (QED) is 0.264. The summed E-state index contributed by atoms with van der Waals surface area (Å²) < 4.78 is 3.65. The van der Waals surface area contributed by atoms with Gasteiger partial charge < -0.3 is 15.1 Å². The van der Waals surface area contributed by atoms with Crippen molar-refractivity contribution in [2.75, 3.05) is 12.8 Å². The van der Waals surface area contributed by atoms with Crippen molar-refractivity contribution >= 4 is 13.9 Å². The number of hydrogen-bond donors (Lipinski definition) is 2. The Hall–Kier alpha value is -0.510. The van der Waals surface area contributed by atoms with Gasteiger partial charge in [0.1, 0.15) is 6.16 Å². The number of nitrogens with zero attached hydrogens (tertiary/aromatic N) is 1. The van der Waals surface area contributed by atoms with Crippen molar-refractivity contribution in [3.8, 4) is 0 Å². The van der Waals surface area contributed by atoms with E-state index in [4.69, 9.17) is 10.2 Å². The van der Waals surface area contributed by atoms with Gasteiger partial charge >= 0.3 is 5.97 Å². The van der Waals surface area contributed by atoms with Gasteiger partial charge in [-0.2, -0.15) is 0 Å². The molecular weight excluding hydrogens is 337 g/mol. The topological polar surface area (TPSA) is 93.0 Å². The molecule has 0 saturated carbocycles. The molecule has 0 heterocycles. The molecule has 0 aliphatic rings. The van der Waals surface area contributed by atoms with Gasteiger partial charge in [0.05, 0.1) is 6.61 Å². The van der Waals surface area contributed by atoms with Crippen LogP contribution in [-0.2, 0) is 4.79 Å². The summed E-state index contributed by atoms with van der Waals surface area (Å²) in [6.45, 7) is 1.66. The van der Waals surface area contributed by atoms with Crippen molar-refractivity contribution in [1.29, 1.82) is 0 Å². The molecule has 0 radical (unpaired) electrons. The predicted molar refractivity (Wildman–Crippen MR) is 103 cm³/mol. The zero-order valence-electron chi connectivity index (χ0n) is 16.0. The summed E-state index contributed by atoms with van der Waals surface area (Å²) in [5.41, 5.74) is 0. The molecule has 0 aromatic rings. The molecule has 0 amide bonds. The van der Waals surface area contributed by atoms with Crippen LogP contribution in [0, 0.1) is 0 Å². The third kappa shape index (κ3) is 16.7. The second-order valence-electron chi connectivity index (χ2n) is 6.82. The van der Waals surface area contributed by atoms with Gasteiger partial charge in [0, 0.05) is 0 Å². The number of aliphatic hydroxyl groups excluding tert-OH is 1. The van der Waals surface area contributed by atoms with E-state index in [1.807, 2.05) is 0 Å². The molecule has 0 saturated heterocycles. The van der Waals surface area contributed by atoms with Crippen LogP contribution in [0.2, 0.25) is 0 Å². The van der Waals surface area contributed by atoms with Crippen LogP contribution in [0.4, 0.5) is 0 Å². The smallest absolute Gasteiger partial charge is 0.335 e. The molecule has 0 rings (SSSR count). The molecule has 2 atom stereocenters. The summed E-state index contributed by atoms with van der Waals surface area (Å²) in [6, 6.07) is -1.24. The molecule has 0 aromatic carbocycles. The van der Waals surface area contributed by atoms with Gasteiger partial charge in [-0.05, 0) is 12.8 Å². The zero-order chi connectivity index (χ0) is 18.8. The fourth-order valence-corrected chi connectivity index (χ4v) is 3.91. The number of carbonyl (C=O) groups is 1. The highest BCUT2D eigenvalue weighted by Gasteiger charge is 2.18. The van der Waals surface area contributed by atoms with Gasteiger partial charge in [-0.25, -0.2) is 4.79 Å². The van der Waals surface area contributed by atoms with E-state index < -0.39 is 26.6 Å². The average Bonchev–Trinajstić information content (AvgIpc) is 2.59. The van der Waals surface area contributed by atoms with E-state index in [1.54, 1.807) is 0 Å². The van der Waals surface area contributed by atoms with Gasteiger partial charge in [0.15, 0.2) is 7.94 Å². The first-order valence-electron chi connectivity index (χ1n) is 10.1. The minimum absolute atomic E-state index is 0.428. The Kier molecular flexibility index (Phi) is 17.9. The van der Waals surface area contributed by atoms with E-state index in [0.29, 0.717) is 6.16 Å². The Balaban J connectivity index is 3.36. The van der Waals surface area contributed by atoms with Gasteiger partial charge in [0.25, 0.3) is 0 Å². The van der Waals surface area contributed by atoms with E-state index >= 15 is 0 Å². The van der Waals surface area contributed by atoms with Gasteiger partial charge in [-0.3, -0.25) is 0 Å². The van der Waals surface area contributed by atoms with Crippen molar-refractivity contribution in [2.24, 2.45) is 4.74 Å². The SMILES string of the molecule is CCCCCCCCCCCCCCCC/[P+]([O-])=N/C(CO)C(=O)O.